The lowest BCUT2D eigenvalue weighted by molar-refractivity contribution is 0.218. The highest BCUT2D eigenvalue weighted by atomic mass is 35.5. The number of aliphatic hydroxyl groups is 1. The van der Waals surface area contributed by atoms with Crippen molar-refractivity contribution >= 4 is 22.6 Å². The number of hydrogen-bond donors (Lipinski definition) is 1. The Bertz CT molecular complexity index is 839. The lowest BCUT2D eigenvalue weighted by atomic mass is 9.84. The van der Waals surface area contributed by atoms with E-state index in [1.165, 1.54) is 0 Å². The molecule has 5 heteroatoms. The molecule has 0 aliphatic rings. The molecule has 0 saturated carbocycles. The van der Waals surface area contributed by atoms with E-state index in [0.29, 0.717) is 5.02 Å². The van der Waals surface area contributed by atoms with E-state index in [0.717, 1.165) is 27.8 Å². The van der Waals surface area contributed by atoms with Gasteiger partial charge in [0.25, 0.3) is 0 Å². The molecule has 0 aliphatic heterocycles. The molecule has 0 saturated heterocycles. The van der Waals surface area contributed by atoms with Crippen LogP contribution in [0.1, 0.15) is 25.0 Å². The molecule has 0 bridgehead atoms. The van der Waals surface area contributed by atoms with E-state index in [4.69, 9.17) is 11.6 Å². The van der Waals surface area contributed by atoms with Crippen LogP contribution in [0.25, 0.3) is 16.7 Å². The summed E-state index contributed by atoms with van der Waals surface area (Å²) < 4.78 is 0. The first-order chi connectivity index (χ1) is 10.4. The topological polar surface area (TPSA) is 50.9 Å². The Labute approximate surface area is 134 Å². The van der Waals surface area contributed by atoms with E-state index in [9.17, 15) is 5.11 Å². The molecule has 1 N–H and O–H groups in total. The molecular formula is C17H18ClN3O. The van der Waals surface area contributed by atoms with E-state index in [2.05, 4.69) is 16.3 Å². The van der Waals surface area contributed by atoms with Gasteiger partial charge in [-0.25, -0.2) is 0 Å². The molecule has 0 atom stereocenters. The number of fused-ring (bicyclic) bond motifs is 1. The minimum atomic E-state index is -0.309. The number of aliphatic hydroxyl groups excluding tert-OH is 1. The summed E-state index contributed by atoms with van der Waals surface area (Å²) in [5.41, 5.74) is 4.30. The fourth-order valence-corrected chi connectivity index (χ4v) is 2.53. The van der Waals surface area contributed by atoms with Crippen molar-refractivity contribution in [1.82, 2.24) is 15.0 Å². The molecule has 0 aliphatic carbocycles. The zero-order valence-corrected chi connectivity index (χ0v) is 13.6. The standard InChI is InChI=1S/C17H18ClN3O/c1-11-6-12(17(2,3)10-22)8-14(7-11)21-19-15-5-4-13(18)9-16(15)20-21/h4-9,22H,10H2,1-3H3. The monoisotopic (exact) mass is 315 g/mol. The van der Waals surface area contributed by atoms with Gasteiger partial charge in [-0.15, -0.1) is 10.2 Å². The van der Waals surface area contributed by atoms with Crippen molar-refractivity contribution in [2.75, 3.05) is 6.61 Å². The van der Waals surface area contributed by atoms with Crippen LogP contribution in [0.5, 0.6) is 0 Å². The van der Waals surface area contributed by atoms with Crippen LogP contribution in [0.4, 0.5) is 0 Å². The Morgan fingerprint density at radius 3 is 2.55 bits per heavy atom. The van der Waals surface area contributed by atoms with Gasteiger partial charge in [-0.2, -0.15) is 4.80 Å². The number of rotatable bonds is 3. The van der Waals surface area contributed by atoms with E-state index >= 15 is 0 Å². The van der Waals surface area contributed by atoms with Gasteiger partial charge in [0.1, 0.15) is 11.0 Å². The summed E-state index contributed by atoms with van der Waals surface area (Å²) in [4.78, 5) is 1.62. The lowest BCUT2D eigenvalue weighted by Gasteiger charge is -2.23. The minimum absolute atomic E-state index is 0.0833. The van der Waals surface area contributed by atoms with Crippen molar-refractivity contribution in [2.24, 2.45) is 0 Å². The molecule has 3 aromatic rings. The molecule has 0 radical (unpaired) electrons. The average molecular weight is 316 g/mol. The molecule has 114 valence electrons. The van der Waals surface area contributed by atoms with Crippen LogP contribution >= 0.6 is 11.6 Å². The number of aromatic nitrogens is 3. The van der Waals surface area contributed by atoms with Gasteiger partial charge < -0.3 is 5.11 Å². The lowest BCUT2D eigenvalue weighted by Crippen LogP contribution is -2.22. The highest BCUT2D eigenvalue weighted by Crippen LogP contribution is 2.26. The number of halogens is 1. The van der Waals surface area contributed by atoms with Gasteiger partial charge in [0.15, 0.2) is 0 Å². The first-order valence-corrected chi connectivity index (χ1v) is 7.53. The Balaban J connectivity index is 2.13. The number of hydrogen-bond acceptors (Lipinski definition) is 3. The minimum Gasteiger partial charge on any atom is -0.395 e. The molecular weight excluding hydrogens is 298 g/mol. The van der Waals surface area contributed by atoms with Crippen LogP contribution in [0.3, 0.4) is 0 Å². The molecule has 22 heavy (non-hydrogen) atoms. The molecule has 0 unspecified atom stereocenters. The molecule has 2 aromatic carbocycles. The van der Waals surface area contributed by atoms with E-state index < -0.39 is 0 Å². The van der Waals surface area contributed by atoms with Crippen molar-refractivity contribution in [3.63, 3.8) is 0 Å². The first-order valence-electron chi connectivity index (χ1n) is 7.15. The quantitative estimate of drug-likeness (QED) is 0.802. The van der Waals surface area contributed by atoms with Crippen LogP contribution in [0.15, 0.2) is 36.4 Å². The Morgan fingerprint density at radius 2 is 1.82 bits per heavy atom. The average Bonchev–Trinajstić information content (AvgIpc) is 2.89. The maximum absolute atomic E-state index is 9.59. The Morgan fingerprint density at radius 1 is 1.09 bits per heavy atom. The maximum atomic E-state index is 9.59. The number of nitrogens with zero attached hydrogens (tertiary/aromatic N) is 3. The van der Waals surface area contributed by atoms with E-state index in [-0.39, 0.29) is 12.0 Å². The summed E-state index contributed by atoms with van der Waals surface area (Å²) in [5.74, 6) is 0. The Kier molecular flexibility index (Phi) is 3.67. The molecule has 0 spiro atoms. The second-order valence-corrected chi connectivity index (χ2v) is 6.66. The highest BCUT2D eigenvalue weighted by molar-refractivity contribution is 6.31. The van der Waals surface area contributed by atoms with Gasteiger partial charge in [-0.3, -0.25) is 0 Å². The van der Waals surface area contributed by atoms with Gasteiger partial charge in [0.05, 0.1) is 12.3 Å². The summed E-state index contributed by atoms with van der Waals surface area (Å²) in [6.07, 6.45) is 0. The zero-order valence-electron chi connectivity index (χ0n) is 12.8. The van der Waals surface area contributed by atoms with Gasteiger partial charge >= 0.3 is 0 Å². The smallest absolute Gasteiger partial charge is 0.115 e. The third kappa shape index (κ3) is 2.72. The SMILES string of the molecule is Cc1cc(-n2nc3ccc(Cl)cc3n2)cc(C(C)(C)CO)c1. The van der Waals surface area contributed by atoms with Crippen LogP contribution in [-0.4, -0.2) is 26.7 Å². The van der Waals surface area contributed by atoms with Gasteiger partial charge in [-0.05, 0) is 48.4 Å². The number of aryl methyl sites for hydroxylation is 1. The largest absolute Gasteiger partial charge is 0.395 e. The van der Waals surface area contributed by atoms with Gasteiger partial charge in [0.2, 0.25) is 0 Å². The van der Waals surface area contributed by atoms with Crippen molar-refractivity contribution in [3.8, 4) is 5.69 Å². The summed E-state index contributed by atoms with van der Waals surface area (Å²) in [5, 5.41) is 19.2. The summed E-state index contributed by atoms with van der Waals surface area (Å²) >= 11 is 6.00. The van der Waals surface area contributed by atoms with Crippen LogP contribution < -0.4 is 0 Å². The normalized spacial score (nSPS) is 12.0. The molecule has 4 nitrogen and oxygen atoms in total. The molecule has 1 heterocycles. The van der Waals surface area contributed by atoms with Crippen molar-refractivity contribution < 1.29 is 5.11 Å². The zero-order chi connectivity index (χ0) is 15.9. The van der Waals surface area contributed by atoms with E-state index in [1.54, 1.807) is 16.9 Å². The summed E-state index contributed by atoms with van der Waals surface area (Å²) in [7, 11) is 0. The van der Waals surface area contributed by atoms with Crippen molar-refractivity contribution in [2.45, 2.75) is 26.2 Å². The third-order valence-electron chi connectivity index (χ3n) is 3.81. The van der Waals surface area contributed by atoms with Crippen molar-refractivity contribution in [3.05, 3.63) is 52.5 Å². The Hall–Kier alpha value is -1.91. The second kappa shape index (κ2) is 5.38. The van der Waals surface area contributed by atoms with Gasteiger partial charge in [-0.1, -0.05) is 31.5 Å². The molecule has 1 aromatic heterocycles. The van der Waals surface area contributed by atoms with Crippen LogP contribution in [0.2, 0.25) is 5.02 Å². The predicted octanol–water partition coefficient (Wildman–Crippen LogP) is 3.65. The van der Waals surface area contributed by atoms with Crippen LogP contribution in [0, 0.1) is 6.92 Å². The van der Waals surface area contributed by atoms with Crippen molar-refractivity contribution in [1.29, 1.82) is 0 Å². The maximum Gasteiger partial charge on any atom is 0.115 e. The fraction of sp³-hybridized carbons (Fsp3) is 0.294. The highest BCUT2D eigenvalue weighted by Gasteiger charge is 2.20. The fourth-order valence-electron chi connectivity index (χ4n) is 2.36. The predicted molar refractivity (Wildman–Crippen MR) is 88.7 cm³/mol. The first kappa shape index (κ1) is 15.0. The summed E-state index contributed by atoms with van der Waals surface area (Å²) in [6, 6.07) is 11.6. The molecule has 0 amide bonds. The molecule has 3 rings (SSSR count). The number of benzene rings is 2. The third-order valence-corrected chi connectivity index (χ3v) is 4.05. The summed E-state index contributed by atoms with van der Waals surface area (Å²) in [6.45, 7) is 6.14. The second-order valence-electron chi connectivity index (χ2n) is 6.22. The molecule has 0 fully saturated rings. The van der Waals surface area contributed by atoms with Gasteiger partial charge in [0, 0.05) is 10.4 Å². The van der Waals surface area contributed by atoms with Crippen LogP contribution in [-0.2, 0) is 5.41 Å². The van der Waals surface area contributed by atoms with E-state index in [1.807, 2.05) is 39.0 Å².